The van der Waals surface area contributed by atoms with Gasteiger partial charge in [0.15, 0.2) is 4.21 Å². The Hall–Kier alpha value is -0.660. The predicted molar refractivity (Wildman–Crippen MR) is 69.0 cm³/mol. The van der Waals surface area contributed by atoms with E-state index in [-0.39, 0.29) is 9.08 Å². The minimum absolute atomic E-state index is 0.0954. The molecule has 0 radical (unpaired) electrons. The summed E-state index contributed by atoms with van der Waals surface area (Å²) in [6.07, 6.45) is 4.07. The van der Waals surface area contributed by atoms with Crippen molar-refractivity contribution in [3.05, 3.63) is 15.4 Å². The molecule has 1 heterocycles. The van der Waals surface area contributed by atoms with Crippen molar-refractivity contribution in [3.8, 4) is 0 Å². The van der Waals surface area contributed by atoms with Crippen molar-refractivity contribution in [2.45, 2.75) is 43.7 Å². The Labute approximate surface area is 105 Å². The summed E-state index contributed by atoms with van der Waals surface area (Å²) in [5, 5.41) is 0. The lowest BCUT2D eigenvalue weighted by Gasteiger charge is -2.04. The van der Waals surface area contributed by atoms with Crippen LogP contribution in [-0.4, -0.2) is 19.9 Å². The van der Waals surface area contributed by atoms with Gasteiger partial charge in [-0.1, -0.05) is 37.5 Å². The summed E-state index contributed by atoms with van der Waals surface area (Å²) in [6.45, 7) is 4.11. The van der Waals surface area contributed by atoms with E-state index in [9.17, 15) is 13.2 Å². The van der Waals surface area contributed by atoms with Crippen molar-refractivity contribution in [1.29, 1.82) is 0 Å². The Balaban J connectivity index is 2.57. The van der Waals surface area contributed by atoms with Crippen LogP contribution in [0.25, 0.3) is 0 Å². The summed E-state index contributed by atoms with van der Waals surface area (Å²) in [5.41, 5.74) is 0.404. The van der Waals surface area contributed by atoms with E-state index in [1.165, 1.54) is 0 Å². The first-order chi connectivity index (χ1) is 7.97. The molecule has 0 aromatic carbocycles. The second kappa shape index (κ2) is 6.32. The normalized spacial score (nSPS) is 11.9. The SMILES string of the molecule is CCCCCCNS(=O)(=O)c1sc(=O)[nH]c1C. The summed E-state index contributed by atoms with van der Waals surface area (Å²) >= 11 is 0.728. The molecule has 1 rings (SSSR count). The van der Waals surface area contributed by atoms with Crippen LogP contribution in [0.5, 0.6) is 0 Å². The number of aromatic amines is 1. The lowest BCUT2D eigenvalue weighted by Crippen LogP contribution is -2.24. The standard InChI is InChI=1S/C10H18N2O3S2/c1-3-4-5-6-7-11-17(14,15)9-8(2)12-10(13)16-9/h11H,3-7H2,1-2H3,(H,12,13). The van der Waals surface area contributed by atoms with Crippen molar-refractivity contribution in [2.24, 2.45) is 0 Å². The highest BCUT2D eigenvalue weighted by Crippen LogP contribution is 2.15. The zero-order valence-corrected chi connectivity index (χ0v) is 11.7. The van der Waals surface area contributed by atoms with E-state index in [1.807, 2.05) is 0 Å². The van der Waals surface area contributed by atoms with Crippen molar-refractivity contribution in [1.82, 2.24) is 9.71 Å². The molecule has 0 unspecified atom stereocenters. The summed E-state index contributed by atoms with van der Waals surface area (Å²) in [6, 6.07) is 0. The number of rotatable bonds is 7. The fourth-order valence-corrected chi connectivity index (χ4v) is 3.89. The average molecular weight is 278 g/mol. The highest BCUT2D eigenvalue weighted by Gasteiger charge is 2.19. The smallest absolute Gasteiger partial charge is 0.305 e. The second-order valence-electron chi connectivity index (χ2n) is 3.89. The molecule has 17 heavy (non-hydrogen) atoms. The molecule has 0 atom stereocenters. The number of unbranched alkanes of at least 4 members (excludes halogenated alkanes) is 3. The molecular weight excluding hydrogens is 260 g/mol. The highest BCUT2D eigenvalue weighted by atomic mass is 32.2. The highest BCUT2D eigenvalue weighted by molar-refractivity contribution is 7.91. The first kappa shape index (κ1) is 14.4. The van der Waals surface area contributed by atoms with Crippen LogP contribution in [0, 0.1) is 6.92 Å². The fourth-order valence-electron chi connectivity index (χ4n) is 1.47. The second-order valence-corrected chi connectivity index (χ2v) is 6.83. The first-order valence-corrected chi connectivity index (χ1v) is 7.96. The van der Waals surface area contributed by atoms with Gasteiger partial charge in [-0.3, -0.25) is 4.79 Å². The van der Waals surface area contributed by atoms with E-state index in [4.69, 9.17) is 0 Å². The lowest BCUT2D eigenvalue weighted by molar-refractivity contribution is 0.575. The Morgan fingerprint density at radius 2 is 2.00 bits per heavy atom. The summed E-state index contributed by atoms with van der Waals surface area (Å²) in [7, 11) is -3.52. The van der Waals surface area contributed by atoms with Gasteiger partial charge >= 0.3 is 4.87 Å². The number of nitrogens with one attached hydrogen (secondary N) is 2. The maximum Gasteiger partial charge on any atom is 0.305 e. The first-order valence-electron chi connectivity index (χ1n) is 5.66. The molecule has 0 saturated heterocycles. The maximum atomic E-state index is 11.8. The largest absolute Gasteiger partial charge is 0.315 e. The molecule has 1 aromatic heterocycles. The number of H-pyrrole nitrogens is 1. The zero-order valence-electron chi connectivity index (χ0n) is 10.1. The van der Waals surface area contributed by atoms with Crippen LogP contribution in [-0.2, 0) is 10.0 Å². The Morgan fingerprint density at radius 3 is 2.53 bits per heavy atom. The molecule has 7 heteroatoms. The molecule has 98 valence electrons. The molecule has 0 fully saturated rings. The van der Waals surface area contributed by atoms with E-state index in [2.05, 4.69) is 16.6 Å². The topological polar surface area (TPSA) is 79.0 Å². The van der Waals surface area contributed by atoms with Crippen LogP contribution < -0.4 is 9.60 Å². The number of thiazole rings is 1. The summed E-state index contributed by atoms with van der Waals surface area (Å²) in [5.74, 6) is 0. The third-order valence-corrected chi connectivity index (χ3v) is 5.41. The van der Waals surface area contributed by atoms with Gasteiger partial charge in [0.2, 0.25) is 0 Å². The Morgan fingerprint density at radius 1 is 1.29 bits per heavy atom. The predicted octanol–water partition coefficient (Wildman–Crippen LogP) is 1.60. The van der Waals surface area contributed by atoms with Crippen LogP contribution in [0.4, 0.5) is 0 Å². The van der Waals surface area contributed by atoms with Crippen LogP contribution in [0.15, 0.2) is 9.00 Å². The number of aromatic nitrogens is 1. The van der Waals surface area contributed by atoms with Crippen molar-refractivity contribution in [2.75, 3.05) is 6.54 Å². The monoisotopic (exact) mass is 278 g/mol. The minimum atomic E-state index is -3.52. The van der Waals surface area contributed by atoms with E-state index in [1.54, 1.807) is 6.92 Å². The van der Waals surface area contributed by atoms with Gasteiger partial charge in [0.1, 0.15) is 0 Å². The van der Waals surface area contributed by atoms with Gasteiger partial charge in [0, 0.05) is 12.2 Å². The van der Waals surface area contributed by atoms with Crippen LogP contribution in [0.1, 0.15) is 38.3 Å². The zero-order chi connectivity index (χ0) is 12.9. The van der Waals surface area contributed by atoms with Gasteiger partial charge in [-0.15, -0.1) is 0 Å². The molecule has 5 nitrogen and oxygen atoms in total. The molecule has 0 aliphatic rings. The van der Waals surface area contributed by atoms with Gasteiger partial charge in [-0.2, -0.15) is 0 Å². The van der Waals surface area contributed by atoms with Gasteiger partial charge in [-0.05, 0) is 13.3 Å². The number of sulfonamides is 1. The van der Waals surface area contributed by atoms with Gasteiger partial charge in [-0.25, -0.2) is 13.1 Å². The van der Waals surface area contributed by atoms with E-state index in [0.29, 0.717) is 12.2 Å². The van der Waals surface area contributed by atoms with E-state index < -0.39 is 10.0 Å². The van der Waals surface area contributed by atoms with E-state index >= 15 is 0 Å². The van der Waals surface area contributed by atoms with E-state index in [0.717, 1.165) is 37.0 Å². The molecular formula is C10H18N2O3S2. The van der Waals surface area contributed by atoms with Crippen LogP contribution in [0.2, 0.25) is 0 Å². The summed E-state index contributed by atoms with van der Waals surface area (Å²) in [4.78, 5) is 13.2. The van der Waals surface area contributed by atoms with Crippen LogP contribution in [0.3, 0.4) is 0 Å². The van der Waals surface area contributed by atoms with Crippen LogP contribution >= 0.6 is 11.3 Å². The van der Waals surface area contributed by atoms with Crippen molar-refractivity contribution < 1.29 is 8.42 Å². The summed E-state index contributed by atoms with van der Waals surface area (Å²) < 4.78 is 26.3. The van der Waals surface area contributed by atoms with Gasteiger partial charge < -0.3 is 4.98 Å². The van der Waals surface area contributed by atoms with Gasteiger partial charge in [0.25, 0.3) is 10.0 Å². The molecule has 0 aliphatic carbocycles. The average Bonchev–Trinajstić information content (AvgIpc) is 2.58. The van der Waals surface area contributed by atoms with Gasteiger partial charge in [0.05, 0.1) is 0 Å². The molecule has 1 aromatic rings. The maximum absolute atomic E-state index is 11.8. The third kappa shape index (κ3) is 4.25. The molecule has 0 spiro atoms. The van der Waals surface area contributed by atoms with Crippen molar-refractivity contribution in [3.63, 3.8) is 0 Å². The quantitative estimate of drug-likeness (QED) is 0.744. The third-order valence-electron chi connectivity index (χ3n) is 2.35. The molecule has 0 saturated carbocycles. The fraction of sp³-hybridized carbons (Fsp3) is 0.700. The number of hydrogen-bond acceptors (Lipinski definition) is 4. The molecule has 0 aliphatic heterocycles. The minimum Gasteiger partial charge on any atom is -0.315 e. The molecule has 0 amide bonds. The Bertz CT molecular complexity index is 502. The Kier molecular flexibility index (Phi) is 5.35. The number of aryl methyl sites for hydroxylation is 1. The number of hydrogen-bond donors (Lipinski definition) is 2. The molecule has 0 bridgehead atoms. The van der Waals surface area contributed by atoms with Crippen molar-refractivity contribution >= 4 is 21.4 Å². The lowest BCUT2D eigenvalue weighted by atomic mass is 10.2. The molecule has 2 N–H and O–H groups in total.